The Morgan fingerprint density at radius 1 is 0.364 bits per heavy atom. The summed E-state index contributed by atoms with van der Waals surface area (Å²) < 4.78 is 2.44. The lowest BCUT2D eigenvalue weighted by Crippen LogP contribution is -1.96. The molecule has 0 amide bonds. The Hall–Kier alpha value is -6.51. The minimum Gasteiger partial charge on any atom is -0.309 e. The van der Waals surface area contributed by atoms with Gasteiger partial charge in [-0.15, -0.1) is 0 Å². The van der Waals surface area contributed by atoms with Gasteiger partial charge in [0.1, 0.15) is 0 Å². The van der Waals surface area contributed by atoms with Gasteiger partial charge in [-0.05, 0) is 151 Å². The molecule has 0 fully saturated rings. The fraction of sp³-hybridized carbons (Fsp3) is 0.113. The van der Waals surface area contributed by atoms with E-state index in [4.69, 9.17) is 4.98 Å². The fourth-order valence-electron chi connectivity index (χ4n) is 9.61. The zero-order valence-corrected chi connectivity index (χ0v) is 32.3. The quantitative estimate of drug-likeness (QED) is 0.167. The molecule has 2 heteroatoms. The number of hydrogen-bond acceptors (Lipinski definition) is 1. The molecule has 8 aromatic carbocycles. The lowest BCUT2D eigenvalue weighted by atomic mass is 9.91. The van der Waals surface area contributed by atoms with E-state index in [0.717, 1.165) is 22.5 Å². The van der Waals surface area contributed by atoms with Crippen molar-refractivity contribution in [1.82, 2.24) is 9.55 Å². The van der Waals surface area contributed by atoms with E-state index in [0.29, 0.717) is 0 Å². The summed E-state index contributed by atoms with van der Waals surface area (Å²) in [4.78, 5) is 5.40. The molecule has 0 bridgehead atoms. The summed E-state index contributed by atoms with van der Waals surface area (Å²) in [5, 5.41) is 8.61. The molecule has 2 heterocycles. The smallest absolute Gasteiger partial charge is 0.0794 e. The third kappa shape index (κ3) is 5.28. The third-order valence-corrected chi connectivity index (χ3v) is 11.7. The first-order chi connectivity index (χ1) is 26.7. The molecule has 0 atom stereocenters. The van der Waals surface area contributed by atoms with Crippen molar-refractivity contribution in [1.29, 1.82) is 0 Å². The van der Waals surface area contributed by atoms with Crippen molar-refractivity contribution in [3.8, 4) is 39.2 Å². The number of aryl methyl sites for hydroxylation is 6. The predicted molar refractivity (Wildman–Crippen MR) is 236 cm³/mol. The van der Waals surface area contributed by atoms with Crippen LogP contribution in [0.4, 0.5) is 0 Å². The molecule has 0 aliphatic rings. The van der Waals surface area contributed by atoms with E-state index in [1.165, 1.54) is 104 Å². The van der Waals surface area contributed by atoms with Crippen LogP contribution in [0.5, 0.6) is 0 Å². The molecule has 2 nitrogen and oxygen atoms in total. The average molecular weight is 707 g/mol. The summed E-state index contributed by atoms with van der Waals surface area (Å²) in [6.45, 7) is 13.3. The second-order valence-corrected chi connectivity index (χ2v) is 15.6. The molecule has 2 aromatic heterocycles. The van der Waals surface area contributed by atoms with Crippen molar-refractivity contribution in [2.24, 2.45) is 0 Å². The number of hydrogen-bond donors (Lipinski definition) is 0. The van der Waals surface area contributed by atoms with Gasteiger partial charge < -0.3 is 4.57 Å². The lowest BCUT2D eigenvalue weighted by molar-refractivity contribution is 1.18. The van der Waals surface area contributed by atoms with Crippen LogP contribution in [0.15, 0.2) is 146 Å². The highest BCUT2D eigenvalue weighted by Gasteiger charge is 2.18. The van der Waals surface area contributed by atoms with Crippen LogP contribution < -0.4 is 0 Å². The van der Waals surface area contributed by atoms with E-state index in [9.17, 15) is 0 Å². The second kappa shape index (κ2) is 12.5. The van der Waals surface area contributed by atoms with Gasteiger partial charge in [-0.1, -0.05) is 108 Å². The van der Waals surface area contributed by atoms with Crippen molar-refractivity contribution in [2.75, 3.05) is 0 Å². The minimum atomic E-state index is 0.968. The first-order valence-corrected chi connectivity index (χ1v) is 19.3. The Morgan fingerprint density at radius 2 is 0.836 bits per heavy atom. The monoisotopic (exact) mass is 706 g/mol. The first-order valence-electron chi connectivity index (χ1n) is 19.3. The zero-order chi connectivity index (χ0) is 37.5. The van der Waals surface area contributed by atoms with Crippen LogP contribution in [0, 0.1) is 41.5 Å². The number of nitrogens with zero attached hydrogens (tertiary/aromatic N) is 2. The maximum absolute atomic E-state index is 5.40. The third-order valence-electron chi connectivity index (χ3n) is 11.7. The molecular formula is C53H42N2. The summed E-state index contributed by atoms with van der Waals surface area (Å²) in [5.41, 5.74) is 19.6. The van der Waals surface area contributed by atoms with Gasteiger partial charge in [0.15, 0.2) is 0 Å². The van der Waals surface area contributed by atoms with Crippen molar-refractivity contribution in [3.05, 3.63) is 179 Å². The molecule has 0 spiro atoms. The Labute approximate surface area is 322 Å². The molecule has 0 unspecified atom stereocenters. The maximum atomic E-state index is 5.40. The van der Waals surface area contributed by atoms with Crippen molar-refractivity contribution in [3.63, 3.8) is 0 Å². The van der Waals surface area contributed by atoms with Crippen LogP contribution in [-0.4, -0.2) is 9.55 Å². The van der Waals surface area contributed by atoms with Crippen LogP contribution in [-0.2, 0) is 0 Å². The Morgan fingerprint density at radius 3 is 1.36 bits per heavy atom. The zero-order valence-electron chi connectivity index (χ0n) is 32.3. The van der Waals surface area contributed by atoms with E-state index in [-0.39, 0.29) is 0 Å². The summed E-state index contributed by atoms with van der Waals surface area (Å²) in [7, 11) is 0. The van der Waals surface area contributed by atoms with E-state index >= 15 is 0 Å². The largest absolute Gasteiger partial charge is 0.309 e. The minimum absolute atomic E-state index is 0.968. The molecule has 0 aliphatic heterocycles. The van der Waals surface area contributed by atoms with Gasteiger partial charge in [-0.2, -0.15) is 0 Å². The fourth-order valence-corrected chi connectivity index (χ4v) is 9.61. The van der Waals surface area contributed by atoms with E-state index in [1.54, 1.807) is 0 Å². The first kappa shape index (κ1) is 33.1. The average Bonchev–Trinajstić information content (AvgIpc) is 3.50. The highest BCUT2D eigenvalue weighted by Crippen LogP contribution is 2.41. The van der Waals surface area contributed by atoms with Gasteiger partial charge in [-0.3, -0.25) is 0 Å². The molecule has 10 aromatic rings. The molecule has 0 saturated carbocycles. The van der Waals surface area contributed by atoms with Crippen LogP contribution in [0.25, 0.3) is 93.5 Å². The van der Waals surface area contributed by atoms with Crippen molar-refractivity contribution in [2.45, 2.75) is 41.5 Å². The van der Waals surface area contributed by atoms with Gasteiger partial charge >= 0.3 is 0 Å². The Bertz CT molecular complexity index is 3020. The number of rotatable bonds is 4. The molecule has 0 radical (unpaired) electrons. The van der Waals surface area contributed by atoms with E-state index in [2.05, 4.69) is 192 Å². The molecule has 264 valence electrons. The van der Waals surface area contributed by atoms with Gasteiger partial charge in [-0.25, -0.2) is 4.98 Å². The molecule has 0 N–H and O–H groups in total. The van der Waals surface area contributed by atoms with Crippen LogP contribution in [0.1, 0.15) is 33.4 Å². The Kier molecular flexibility index (Phi) is 7.54. The molecule has 10 rings (SSSR count). The number of aromatic nitrogens is 2. The summed E-state index contributed by atoms with van der Waals surface area (Å²) in [5.74, 6) is 0. The van der Waals surface area contributed by atoms with Gasteiger partial charge in [0.05, 0.1) is 22.2 Å². The highest BCUT2D eigenvalue weighted by atomic mass is 15.0. The van der Waals surface area contributed by atoms with Gasteiger partial charge in [0, 0.05) is 32.8 Å². The van der Waals surface area contributed by atoms with Crippen LogP contribution in [0.2, 0.25) is 0 Å². The summed E-state index contributed by atoms with van der Waals surface area (Å²) in [6.07, 6.45) is 0. The summed E-state index contributed by atoms with van der Waals surface area (Å²) >= 11 is 0. The number of benzene rings is 8. The number of pyridine rings is 1. The van der Waals surface area contributed by atoms with E-state index in [1.807, 2.05) is 0 Å². The molecule has 55 heavy (non-hydrogen) atoms. The SMILES string of the molecule is Cc1cc(C)c(-c2ccc3c(c2)c2cc(-c4c(C)cc(C)cc4C)ccc2n3-c2cccc(-c3ccc4c5ccccc5c5ccccc5c4n3)c2)c(C)c1. The Balaban J connectivity index is 1.20. The molecule has 0 saturated heterocycles. The van der Waals surface area contributed by atoms with Crippen LogP contribution >= 0.6 is 0 Å². The topological polar surface area (TPSA) is 17.8 Å². The lowest BCUT2D eigenvalue weighted by Gasteiger charge is -2.14. The molecular weight excluding hydrogens is 665 g/mol. The number of fused-ring (bicyclic) bond motifs is 9. The van der Waals surface area contributed by atoms with Gasteiger partial charge in [0.2, 0.25) is 0 Å². The second-order valence-electron chi connectivity index (χ2n) is 15.6. The molecule has 0 aliphatic carbocycles. The van der Waals surface area contributed by atoms with Gasteiger partial charge in [0.25, 0.3) is 0 Å². The maximum Gasteiger partial charge on any atom is 0.0794 e. The van der Waals surface area contributed by atoms with E-state index < -0.39 is 0 Å². The van der Waals surface area contributed by atoms with Crippen molar-refractivity contribution >= 4 is 54.3 Å². The van der Waals surface area contributed by atoms with Crippen LogP contribution in [0.3, 0.4) is 0 Å². The van der Waals surface area contributed by atoms with Crippen molar-refractivity contribution < 1.29 is 0 Å². The normalized spacial score (nSPS) is 11.8. The standard InChI is InChI=1S/C53H42N2/c1-31-24-33(3)51(34(4)25-31)38-18-22-49-46(29-38)47-30-39(52-35(5)26-32(2)27-36(52)6)19-23-50(47)55(49)40-13-11-12-37(28-40)48-21-20-45-43-16-8-7-14-41(43)42-15-9-10-17-44(42)53(45)54-48/h7-30H,1-6H3. The predicted octanol–water partition coefficient (Wildman–Crippen LogP) is 14.5. The summed E-state index contributed by atoms with van der Waals surface area (Å²) in [6, 6.07) is 54.0. The highest BCUT2D eigenvalue weighted by molar-refractivity contribution is 6.24.